The first-order valence-electron chi connectivity index (χ1n) is 6.33. The first kappa shape index (κ1) is 10.2. The number of benzene rings is 1. The molecule has 3 rings (SSSR count). The van der Waals surface area contributed by atoms with E-state index < -0.39 is 0 Å². The lowest BCUT2D eigenvalue weighted by molar-refractivity contribution is 0.277. The Balaban J connectivity index is 1.82. The Labute approximate surface area is 96.9 Å². The predicted octanol–water partition coefficient (Wildman–Crippen LogP) is 2.38. The molecular formula is C14H19NO. The van der Waals surface area contributed by atoms with Gasteiger partial charge in [-0.05, 0) is 36.8 Å². The van der Waals surface area contributed by atoms with Crippen LogP contribution in [0.3, 0.4) is 0 Å². The van der Waals surface area contributed by atoms with Crippen LogP contribution in [-0.2, 0) is 0 Å². The second-order valence-corrected chi connectivity index (χ2v) is 5.12. The summed E-state index contributed by atoms with van der Waals surface area (Å²) in [6.07, 6.45) is 3.71. The molecule has 0 bridgehead atoms. The van der Waals surface area contributed by atoms with Gasteiger partial charge in [-0.25, -0.2) is 0 Å². The van der Waals surface area contributed by atoms with Crippen molar-refractivity contribution < 1.29 is 5.11 Å². The predicted molar refractivity (Wildman–Crippen MR) is 65.8 cm³/mol. The van der Waals surface area contributed by atoms with Gasteiger partial charge in [-0.2, -0.15) is 0 Å². The number of para-hydroxylation sites is 1. The zero-order valence-corrected chi connectivity index (χ0v) is 9.60. The third kappa shape index (κ3) is 1.82. The molecule has 1 unspecified atom stereocenters. The van der Waals surface area contributed by atoms with Crippen LogP contribution in [0.2, 0.25) is 0 Å². The van der Waals surface area contributed by atoms with Crippen LogP contribution in [0.4, 0.5) is 5.69 Å². The van der Waals surface area contributed by atoms with E-state index in [4.69, 9.17) is 5.11 Å². The molecular weight excluding hydrogens is 198 g/mol. The van der Waals surface area contributed by atoms with Crippen molar-refractivity contribution in [2.45, 2.75) is 25.2 Å². The summed E-state index contributed by atoms with van der Waals surface area (Å²) in [7, 11) is 0. The number of aliphatic hydroxyl groups excluding tert-OH is 1. The SMILES string of the molecule is OCCC1CN(CC2CC2)c2ccccc21. The Morgan fingerprint density at radius 1 is 1.25 bits per heavy atom. The number of rotatable bonds is 4. The summed E-state index contributed by atoms with van der Waals surface area (Å²) in [5.74, 6) is 1.47. The van der Waals surface area contributed by atoms with Crippen LogP contribution in [0.25, 0.3) is 0 Å². The van der Waals surface area contributed by atoms with Crippen LogP contribution >= 0.6 is 0 Å². The largest absolute Gasteiger partial charge is 0.396 e. The van der Waals surface area contributed by atoms with E-state index in [9.17, 15) is 0 Å². The molecule has 1 atom stereocenters. The minimum Gasteiger partial charge on any atom is -0.396 e. The number of nitrogens with zero attached hydrogens (tertiary/aromatic N) is 1. The van der Waals surface area contributed by atoms with E-state index in [0.717, 1.165) is 18.9 Å². The van der Waals surface area contributed by atoms with Gasteiger partial charge in [0.1, 0.15) is 0 Å². The van der Waals surface area contributed by atoms with Crippen molar-refractivity contribution in [2.75, 3.05) is 24.6 Å². The van der Waals surface area contributed by atoms with E-state index >= 15 is 0 Å². The average Bonchev–Trinajstić information content (AvgIpc) is 3.05. The summed E-state index contributed by atoms with van der Waals surface area (Å²) in [6, 6.07) is 8.70. The summed E-state index contributed by atoms with van der Waals surface area (Å²) in [6.45, 7) is 2.63. The molecule has 1 heterocycles. The van der Waals surface area contributed by atoms with Crippen LogP contribution < -0.4 is 4.90 Å². The van der Waals surface area contributed by atoms with E-state index in [2.05, 4.69) is 29.2 Å². The van der Waals surface area contributed by atoms with Crippen molar-refractivity contribution in [3.63, 3.8) is 0 Å². The summed E-state index contributed by atoms with van der Waals surface area (Å²) in [5, 5.41) is 9.11. The standard InChI is InChI=1S/C14H19NO/c16-8-7-12-10-15(9-11-5-6-11)14-4-2-1-3-13(12)14/h1-4,11-12,16H,5-10H2. The van der Waals surface area contributed by atoms with Gasteiger partial charge < -0.3 is 10.0 Å². The number of fused-ring (bicyclic) bond motifs is 1. The highest BCUT2D eigenvalue weighted by Gasteiger charge is 2.32. The summed E-state index contributed by atoms with van der Waals surface area (Å²) >= 11 is 0. The molecule has 2 nitrogen and oxygen atoms in total. The fourth-order valence-electron chi connectivity index (χ4n) is 2.77. The Morgan fingerprint density at radius 2 is 2.06 bits per heavy atom. The molecule has 0 spiro atoms. The Morgan fingerprint density at radius 3 is 2.81 bits per heavy atom. The molecule has 16 heavy (non-hydrogen) atoms. The van der Waals surface area contributed by atoms with Crippen molar-refractivity contribution >= 4 is 5.69 Å². The highest BCUT2D eigenvalue weighted by Crippen LogP contribution is 2.40. The topological polar surface area (TPSA) is 23.5 Å². The molecule has 1 saturated carbocycles. The average molecular weight is 217 g/mol. The number of anilines is 1. The van der Waals surface area contributed by atoms with E-state index in [-0.39, 0.29) is 0 Å². The van der Waals surface area contributed by atoms with Crippen molar-refractivity contribution in [3.8, 4) is 0 Å². The van der Waals surface area contributed by atoms with Crippen molar-refractivity contribution in [3.05, 3.63) is 29.8 Å². The molecule has 0 amide bonds. The van der Waals surface area contributed by atoms with Crippen molar-refractivity contribution in [1.29, 1.82) is 0 Å². The lowest BCUT2D eigenvalue weighted by atomic mass is 9.99. The number of hydrogen-bond acceptors (Lipinski definition) is 2. The van der Waals surface area contributed by atoms with Crippen LogP contribution in [0.5, 0.6) is 0 Å². The maximum Gasteiger partial charge on any atom is 0.0437 e. The van der Waals surface area contributed by atoms with E-state index in [0.29, 0.717) is 12.5 Å². The maximum atomic E-state index is 9.11. The quantitative estimate of drug-likeness (QED) is 0.837. The molecule has 0 aromatic heterocycles. The summed E-state index contributed by atoms with van der Waals surface area (Å²) in [5.41, 5.74) is 2.85. The third-order valence-corrected chi connectivity index (χ3v) is 3.81. The number of hydrogen-bond donors (Lipinski definition) is 1. The lowest BCUT2D eigenvalue weighted by Gasteiger charge is -2.19. The van der Waals surface area contributed by atoms with Crippen LogP contribution in [0.15, 0.2) is 24.3 Å². The van der Waals surface area contributed by atoms with Gasteiger partial charge in [-0.3, -0.25) is 0 Å². The van der Waals surface area contributed by atoms with Gasteiger partial charge in [0.15, 0.2) is 0 Å². The van der Waals surface area contributed by atoms with Gasteiger partial charge in [0.2, 0.25) is 0 Å². The second-order valence-electron chi connectivity index (χ2n) is 5.12. The van der Waals surface area contributed by atoms with Gasteiger partial charge in [0.25, 0.3) is 0 Å². The summed E-state index contributed by atoms with van der Waals surface area (Å²) < 4.78 is 0. The third-order valence-electron chi connectivity index (χ3n) is 3.81. The molecule has 0 saturated heterocycles. The van der Waals surface area contributed by atoms with Gasteiger partial charge >= 0.3 is 0 Å². The minimum absolute atomic E-state index is 0.302. The monoisotopic (exact) mass is 217 g/mol. The Bertz CT molecular complexity index is 373. The Hall–Kier alpha value is -1.02. The fraction of sp³-hybridized carbons (Fsp3) is 0.571. The zero-order valence-electron chi connectivity index (χ0n) is 9.60. The van der Waals surface area contributed by atoms with Gasteiger partial charge in [0.05, 0.1) is 0 Å². The van der Waals surface area contributed by atoms with Gasteiger partial charge in [-0.15, -0.1) is 0 Å². The molecule has 1 aliphatic heterocycles. The molecule has 2 heteroatoms. The molecule has 86 valence electrons. The maximum absolute atomic E-state index is 9.11. The number of aliphatic hydroxyl groups is 1. The fourth-order valence-corrected chi connectivity index (χ4v) is 2.77. The molecule has 1 aromatic carbocycles. The molecule has 0 radical (unpaired) electrons. The Kier molecular flexibility index (Phi) is 2.60. The van der Waals surface area contributed by atoms with Gasteiger partial charge in [-0.1, -0.05) is 18.2 Å². The zero-order chi connectivity index (χ0) is 11.0. The molecule has 2 aliphatic rings. The first-order valence-corrected chi connectivity index (χ1v) is 6.33. The molecule has 1 fully saturated rings. The molecule has 1 aliphatic carbocycles. The van der Waals surface area contributed by atoms with E-state index in [1.807, 2.05) is 0 Å². The normalized spacial score (nSPS) is 23.6. The van der Waals surface area contributed by atoms with E-state index in [1.54, 1.807) is 0 Å². The van der Waals surface area contributed by atoms with Crippen LogP contribution in [0, 0.1) is 5.92 Å². The minimum atomic E-state index is 0.302. The molecule has 1 N–H and O–H groups in total. The first-order chi connectivity index (χ1) is 7.88. The molecule has 1 aromatic rings. The summed E-state index contributed by atoms with van der Waals surface area (Å²) in [4.78, 5) is 2.52. The van der Waals surface area contributed by atoms with Gasteiger partial charge in [0, 0.05) is 31.3 Å². The van der Waals surface area contributed by atoms with Crippen LogP contribution in [0.1, 0.15) is 30.7 Å². The van der Waals surface area contributed by atoms with Crippen LogP contribution in [-0.4, -0.2) is 24.8 Å². The highest BCUT2D eigenvalue weighted by atomic mass is 16.3. The lowest BCUT2D eigenvalue weighted by Crippen LogP contribution is -2.24. The smallest absolute Gasteiger partial charge is 0.0437 e. The van der Waals surface area contributed by atoms with Crippen molar-refractivity contribution in [2.24, 2.45) is 5.92 Å². The highest BCUT2D eigenvalue weighted by molar-refractivity contribution is 5.60. The van der Waals surface area contributed by atoms with Crippen molar-refractivity contribution in [1.82, 2.24) is 0 Å². The second kappa shape index (κ2) is 4.10. The van der Waals surface area contributed by atoms with E-state index in [1.165, 1.54) is 30.6 Å².